The summed E-state index contributed by atoms with van der Waals surface area (Å²) >= 11 is 12.3. The molecule has 0 bridgehead atoms. The topological polar surface area (TPSA) is 29.1 Å². The number of carbonyl (C=O) groups excluding carboxylic acids is 1. The van der Waals surface area contributed by atoms with Gasteiger partial charge in [0.25, 0.3) is 0 Å². The standard InChI is InChI=1S/C17H15Cl2NO/c1-9-5-14-13(12-4-3-11(18)7-15(12)19)8-17(21)20-16(14)6-10(9)2/h3-7,13H,8H2,1-2H3,(H,20,21). The van der Waals surface area contributed by atoms with E-state index in [1.165, 1.54) is 5.56 Å². The Balaban J connectivity index is 2.16. The molecule has 108 valence electrons. The quantitative estimate of drug-likeness (QED) is 0.779. The Hall–Kier alpha value is -1.51. The molecule has 0 aromatic heterocycles. The van der Waals surface area contributed by atoms with Crippen molar-refractivity contribution in [3.8, 4) is 0 Å². The zero-order valence-corrected chi connectivity index (χ0v) is 13.3. The van der Waals surface area contributed by atoms with E-state index in [9.17, 15) is 4.79 Å². The van der Waals surface area contributed by atoms with Gasteiger partial charge in [-0.3, -0.25) is 4.79 Å². The van der Waals surface area contributed by atoms with E-state index in [4.69, 9.17) is 23.2 Å². The average Bonchev–Trinajstić information content (AvgIpc) is 2.40. The molecular formula is C17H15Cl2NO. The predicted octanol–water partition coefficient (Wildman–Crippen LogP) is 5.08. The van der Waals surface area contributed by atoms with Crippen molar-refractivity contribution in [2.24, 2.45) is 0 Å². The molecule has 4 heteroatoms. The Morgan fingerprint density at radius 1 is 1.05 bits per heavy atom. The number of hydrogen-bond donors (Lipinski definition) is 1. The van der Waals surface area contributed by atoms with Crippen LogP contribution in [-0.2, 0) is 4.79 Å². The van der Waals surface area contributed by atoms with Crippen LogP contribution in [0, 0.1) is 13.8 Å². The minimum absolute atomic E-state index is 0.0155. The van der Waals surface area contributed by atoms with E-state index in [1.807, 2.05) is 25.1 Å². The lowest BCUT2D eigenvalue weighted by atomic mass is 9.83. The maximum Gasteiger partial charge on any atom is 0.225 e. The lowest BCUT2D eigenvalue weighted by molar-refractivity contribution is -0.116. The molecule has 2 nitrogen and oxygen atoms in total. The van der Waals surface area contributed by atoms with Crippen LogP contribution < -0.4 is 5.32 Å². The van der Waals surface area contributed by atoms with Crippen molar-refractivity contribution in [1.82, 2.24) is 0 Å². The first kappa shape index (κ1) is 14.4. The van der Waals surface area contributed by atoms with Crippen LogP contribution in [0.5, 0.6) is 0 Å². The highest BCUT2D eigenvalue weighted by Gasteiger charge is 2.28. The fraction of sp³-hybridized carbons (Fsp3) is 0.235. The number of rotatable bonds is 1. The molecule has 2 aromatic carbocycles. The number of hydrogen-bond acceptors (Lipinski definition) is 1. The second kappa shape index (κ2) is 5.36. The predicted molar refractivity (Wildman–Crippen MR) is 87.5 cm³/mol. The summed E-state index contributed by atoms with van der Waals surface area (Å²) in [6.45, 7) is 4.12. The van der Waals surface area contributed by atoms with Crippen molar-refractivity contribution >= 4 is 34.8 Å². The van der Waals surface area contributed by atoms with Crippen LogP contribution in [0.3, 0.4) is 0 Å². The van der Waals surface area contributed by atoms with Gasteiger partial charge in [0.1, 0.15) is 0 Å². The highest BCUT2D eigenvalue weighted by molar-refractivity contribution is 6.35. The van der Waals surface area contributed by atoms with Gasteiger partial charge in [-0.2, -0.15) is 0 Å². The minimum Gasteiger partial charge on any atom is -0.326 e. The number of halogens is 2. The summed E-state index contributed by atoms with van der Waals surface area (Å²) in [5, 5.41) is 4.15. The molecule has 3 rings (SSSR count). The number of fused-ring (bicyclic) bond motifs is 1. The minimum atomic E-state index is -0.0298. The molecule has 0 fully saturated rings. The van der Waals surface area contributed by atoms with Crippen molar-refractivity contribution in [2.75, 3.05) is 5.32 Å². The van der Waals surface area contributed by atoms with E-state index in [2.05, 4.69) is 18.3 Å². The molecule has 1 atom stereocenters. The first-order valence-electron chi connectivity index (χ1n) is 6.81. The lowest BCUT2D eigenvalue weighted by Crippen LogP contribution is -2.24. The second-order valence-corrected chi connectivity index (χ2v) is 6.34. The third-order valence-electron chi connectivity index (χ3n) is 4.04. The summed E-state index contributed by atoms with van der Waals surface area (Å²) in [7, 11) is 0. The van der Waals surface area contributed by atoms with Crippen molar-refractivity contribution in [3.63, 3.8) is 0 Å². The SMILES string of the molecule is Cc1cc2c(cc1C)C(c1ccc(Cl)cc1Cl)CC(=O)N2. The van der Waals surface area contributed by atoms with Gasteiger partial charge in [0, 0.05) is 28.1 Å². The molecule has 0 aliphatic carbocycles. The van der Waals surface area contributed by atoms with Gasteiger partial charge in [-0.05, 0) is 54.3 Å². The van der Waals surface area contributed by atoms with Gasteiger partial charge in [0.2, 0.25) is 5.91 Å². The van der Waals surface area contributed by atoms with Crippen LogP contribution in [-0.4, -0.2) is 5.91 Å². The largest absolute Gasteiger partial charge is 0.326 e. The van der Waals surface area contributed by atoms with Gasteiger partial charge < -0.3 is 5.32 Å². The van der Waals surface area contributed by atoms with Crippen LogP contribution in [0.1, 0.15) is 34.6 Å². The number of amides is 1. The molecule has 1 unspecified atom stereocenters. The number of benzene rings is 2. The molecule has 21 heavy (non-hydrogen) atoms. The van der Waals surface area contributed by atoms with E-state index >= 15 is 0 Å². The molecule has 0 radical (unpaired) electrons. The maximum absolute atomic E-state index is 12.0. The second-order valence-electron chi connectivity index (χ2n) is 5.49. The van der Waals surface area contributed by atoms with Gasteiger partial charge in [0.15, 0.2) is 0 Å². The molecule has 0 spiro atoms. The van der Waals surface area contributed by atoms with E-state index in [-0.39, 0.29) is 11.8 Å². The fourth-order valence-electron chi connectivity index (χ4n) is 2.79. The van der Waals surface area contributed by atoms with Gasteiger partial charge >= 0.3 is 0 Å². The van der Waals surface area contributed by atoms with Crippen LogP contribution >= 0.6 is 23.2 Å². The smallest absolute Gasteiger partial charge is 0.225 e. The number of carbonyl (C=O) groups is 1. The Bertz CT molecular complexity index is 740. The van der Waals surface area contributed by atoms with Crippen LogP contribution in [0.25, 0.3) is 0 Å². The van der Waals surface area contributed by atoms with E-state index < -0.39 is 0 Å². The molecular weight excluding hydrogens is 305 g/mol. The maximum atomic E-state index is 12.0. The summed E-state index contributed by atoms with van der Waals surface area (Å²) in [6.07, 6.45) is 0.400. The molecule has 1 aliphatic heterocycles. The highest BCUT2D eigenvalue weighted by Crippen LogP contribution is 2.41. The van der Waals surface area contributed by atoms with Crippen molar-refractivity contribution in [3.05, 3.63) is 62.6 Å². The third kappa shape index (κ3) is 2.66. The fourth-order valence-corrected chi connectivity index (χ4v) is 3.33. The normalized spacial score (nSPS) is 17.3. The van der Waals surface area contributed by atoms with E-state index in [0.717, 1.165) is 22.4 Å². The summed E-state index contributed by atoms with van der Waals surface area (Å²) in [5.41, 5.74) is 5.31. The Labute approximate surface area is 134 Å². The first-order chi connectivity index (χ1) is 9.95. The van der Waals surface area contributed by atoms with Gasteiger partial charge in [-0.25, -0.2) is 0 Å². The summed E-state index contributed by atoms with van der Waals surface area (Å²) < 4.78 is 0. The molecule has 1 aliphatic rings. The highest BCUT2D eigenvalue weighted by atomic mass is 35.5. The lowest BCUT2D eigenvalue weighted by Gasteiger charge is -2.27. The van der Waals surface area contributed by atoms with Crippen molar-refractivity contribution in [1.29, 1.82) is 0 Å². The van der Waals surface area contributed by atoms with Crippen LogP contribution in [0.4, 0.5) is 5.69 Å². The monoisotopic (exact) mass is 319 g/mol. The zero-order valence-electron chi connectivity index (χ0n) is 11.8. The number of anilines is 1. The van der Waals surface area contributed by atoms with E-state index in [1.54, 1.807) is 6.07 Å². The number of aryl methyl sites for hydroxylation is 2. The number of nitrogens with one attached hydrogen (secondary N) is 1. The zero-order chi connectivity index (χ0) is 15.1. The van der Waals surface area contributed by atoms with Crippen molar-refractivity contribution < 1.29 is 4.79 Å². The summed E-state index contributed by atoms with van der Waals surface area (Å²) in [6, 6.07) is 9.62. The Kier molecular flexibility index (Phi) is 3.68. The van der Waals surface area contributed by atoms with Crippen LogP contribution in [0.15, 0.2) is 30.3 Å². The molecule has 0 saturated carbocycles. The van der Waals surface area contributed by atoms with Gasteiger partial charge in [-0.1, -0.05) is 35.3 Å². The van der Waals surface area contributed by atoms with E-state index in [0.29, 0.717) is 16.5 Å². The molecule has 1 N–H and O–H groups in total. The average molecular weight is 320 g/mol. The Morgan fingerprint density at radius 3 is 2.48 bits per heavy atom. The summed E-state index contributed by atoms with van der Waals surface area (Å²) in [5.74, 6) is -0.0143. The molecule has 1 heterocycles. The van der Waals surface area contributed by atoms with Crippen LogP contribution in [0.2, 0.25) is 10.0 Å². The molecule has 2 aromatic rings. The molecule has 1 amide bonds. The Morgan fingerprint density at radius 2 is 1.76 bits per heavy atom. The van der Waals surface area contributed by atoms with Crippen molar-refractivity contribution in [2.45, 2.75) is 26.2 Å². The van der Waals surface area contributed by atoms with Gasteiger partial charge in [0.05, 0.1) is 0 Å². The summed E-state index contributed by atoms with van der Waals surface area (Å²) in [4.78, 5) is 12.0. The first-order valence-corrected chi connectivity index (χ1v) is 7.57. The molecule has 0 saturated heterocycles. The third-order valence-corrected chi connectivity index (χ3v) is 4.61. The van der Waals surface area contributed by atoms with Gasteiger partial charge in [-0.15, -0.1) is 0 Å².